The highest BCUT2D eigenvalue weighted by molar-refractivity contribution is 9.10. The second kappa shape index (κ2) is 8.75. The van der Waals surface area contributed by atoms with Crippen molar-refractivity contribution in [2.24, 2.45) is 0 Å². The Hall–Kier alpha value is -2.06. The van der Waals surface area contributed by atoms with Crippen molar-refractivity contribution in [2.75, 3.05) is 23.5 Å². The van der Waals surface area contributed by atoms with Gasteiger partial charge in [-0.1, -0.05) is 15.9 Å². The predicted molar refractivity (Wildman–Crippen MR) is 111 cm³/mol. The van der Waals surface area contributed by atoms with Crippen LogP contribution >= 0.6 is 15.9 Å². The van der Waals surface area contributed by atoms with E-state index < -0.39 is 15.9 Å². The van der Waals surface area contributed by atoms with E-state index in [0.29, 0.717) is 23.7 Å². The van der Waals surface area contributed by atoms with Gasteiger partial charge in [-0.15, -0.1) is 0 Å². The number of carbonyl (C=O) groups excluding carboxylic acids is 1. The van der Waals surface area contributed by atoms with Crippen LogP contribution in [-0.4, -0.2) is 33.2 Å². The van der Waals surface area contributed by atoms with Crippen LogP contribution in [0.4, 0.5) is 11.4 Å². The van der Waals surface area contributed by atoms with E-state index in [2.05, 4.69) is 26.6 Å². The van der Waals surface area contributed by atoms with Gasteiger partial charge in [-0.3, -0.25) is 4.79 Å². The third kappa shape index (κ3) is 5.71. The smallest absolute Gasteiger partial charge is 0.246 e. The normalized spacial score (nSPS) is 12.3. The number of aryl methyl sites for hydroxylation is 1. The van der Waals surface area contributed by atoms with Gasteiger partial charge in [0.25, 0.3) is 0 Å². The molecule has 0 spiro atoms. The Labute approximate surface area is 168 Å². The van der Waals surface area contributed by atoms with Gasteiger partial charge in [0, 0.05) is 22.5 Å². The number of benzene rings is 2. The molecule has 6 nitrogen and oxygen atoms in total. The van der Waals surface area contributed by atoms with Gasteiger partial charge in [0.2, 0.25) is 5.91 Å². The Bertz CT molecular complexity index is 945. The second-order valence-corrected chi connectivity index (χ2v) is 9.02. The summed E-state index contributed by atoms with van der Waals surface area (Å²) in [7, 11) is -3.49. The number of nitrogens with one attached hydrogen (secondary N) is 2. The summed E-state index contributed by atoms with van der Waals surface area (Å²) >= 11 is 3.42. The Morgan fingerprint density at radius 2 is 1.93 bits per heavy atom. The third-order valence-corrected chi connectivity index (χ3v) is 5.88. The van der Waals surface area contributed by atoms with Gasteiger partial charge in [-0.25, -0.2) is 8.42 Å². The molecule has 2 N–H and O–H groups in total. The quantitative estimate of drug-likeness (QED) is 0.660. The van der Waals surface area contributed by atoms with Gasteiger partial charge in [-0.05, 0) is 56.7 Å². The van der Waals surface area contributed by atoms with E-state index in [0.717, 1.165) is 16.3 Å². The Morgan fingerprint density at radius 3 is 2.52 bits per heavy atom. The van der Waals surface area contributed by atoms with E-state index in [1.165, 1.54) is 6.07 Å². The standard InChI is InChI=1S/C19H23BrN2O4S/c1-5-26-15-7-9-17(18(11-15)27(4,24)25)21-13(3)19(23)22-14-6-8-16(20)12(2)10-14/h6-11,13,21H,5H2,1-4H3,(H,22,23). The van der Waals surface area contributed by atoms with Crippen molar-refractivity contribution in [1.29, 1.82) is 0 Å². The first-order valence-corrected chi connectivity index (χ1v) is 11.1. The number of rotatable bonds is 7. The van der Waals surface area contributed by atoms with Crippen molar-refractivity contribution >= 4 is 43.0 Å². The van der Waals surface area contributed by atoms with Crippen LogP contribution in [0.3, 0.4) is 0 Å². The lowest BCUT2D eigenvalue weighted by molar-refractivity contribution is -0.116. The number of sulfone groups is 1. The van der Waals surface area contributed by atoms with Crippen LogP contribution in [0.2, 0.25) is 0 Å². The molecule has 0 fully saturated rings. The Balaban J connectivity index is 2.19. The molecule has 0 aliphatic heterocycles. The molecule has 2 aromatic carbocycles. The molecular weight excluding hydrogens is 432 g/mol. The number of amides is 1. The van der Waals surface area contributed by atoms with Crippen LogP contribution in [0.15, 0.2) is 45.8 Å². The van der Waals surface area contributed by atoms with E-state index in [-0.39, 0.29) is 10.8 Å². The molecule has 0 aromatic heterocycles. The van der Waals surface area contributed by atoms with Gasteiger partial charge in [-0.2, -0.15) is 0 Å². The predicted octanol–water partition coefficient (Wildman–Crippen LogP) is 4.00. The first-order valence-electron chi connectivity index (χ1n) is 8.42. The van der Waals surface area contributed by atoms with E-state index in [1.807, 2.05) is 26.0 Å². The third-order valence-electron chi connectivity index (χ3n) is 3.85. The molecule has 0 heterocycles. The van der Waals surface area contributed by atoms with Gasteiger partial charge in [0.05, 0.1) is 17.2 Å². The van der Waals surface area contributed by atoms with E-state index in [9.17, 15) is 13.2 Å². The van der Waals surface area contributed by atoms with E-state index >= 15 is 0 Å². The lowest BCUT2D eigenvalue weighted by atomic mass is 10.2. The molecule has 8 heteroatoms. The topological polar surface area (TPSA) is 84.5 Å². The molecule has 1 amide bonds. The number of anilines is 2. The van der Waals surface area contributed by atoms with Gasteiger partial charge in [0.1, 0.15) is 11.8 Å². The number of hydrogen-bond donors (Lipinski definition) is 2. The molecule has 0 aliphatic carbocycles. The summed E-state index contributed by atoms with van der Waals surface area (Å²) in [5.41, 5.74) is 2.03. The molecule has 0 saturated heterocycles. The maximum Gasteiger partial charge on any atom is 0.246 e. The van der Waals surface area contributed by atoms with Crippen molar-refractivity contribution in [1.82, 2.24) is 0 Å². The molecular formula is C19H23BrN2O4S. The van der Waals surface area contributed by atoms with Crippen LogP contribution in [-0.2, 0) is 14.6 Å². The molecule has 0 bridgehead atoms. The number of halogens is 1. The zero-order valence-electron chi connectivity index (χ0n) is 15.7. The zero-order valence-corrected chi connectivity index (χ0v) is 18.1. The zero-order chi connectivity index (χ0) is 20.2. The van der Waals surface area contributed by atoms with Crippen molar-refractivity contribution in [3.05, 3.63) is 46.4 Å². The molecule has 1 unspecified atom stereocenters. The molecule has 2 rings (SSSR count). The lowest BCUT2D eigenvalue weighted by Gasteiger charge is -2.18. The van der Waals surface area contributed by atoms with Crippen LogP contribution < -0.4 is 15.4 Å². The highest BCUT2D eigenvalue weighted by Crippen LogP contribution is 2.27. The molecule has 146 valence electrons. The fourth-order valence-corrected chi connectivity index (χ4v) is 3.56. The molecule has 2 aromatic rings. The highest BCUT2D eigenvalue weighted by Gasteiger charge is 2.19. The summed E-state index contributed by atoms with van der Waals surface area (Å²) < 4.78 is 30.6. The summed E-state index contributed by atoms with van der Waals surface area (Å²) in [5, 5.41) is 5.80. The number of carbonyl (C=O) groups is 1. The minimum atomic E-state index is -3.49. The van der Waals surface area contributed by atoms with Gasteiger partial charge < -0.3 is 15.4 Å². The lowest BCUT2D eigenvalue weighted by Crippen LogP contribution is -2.32. The summed E-state index contributed by atoms with van der Waals surface area (Å²) in [5.74, 6) is 0.191. The number of hydrogen-bond acceptors (Lipinski definition) is 5. The monoisotopic (exact) mass is 454 g/mol. The Morgan fingerprint density at radius 1 is 1.22 bits per heavy atom. The highest BCUT2D eigenvalue weighted by atomic mass is 79.9. The van der Waals surface area contributed by atoms with E-state index in [4.69, 9.17) is 4.74 Å². The maximum atomic E-state index is 12.5. The number of ether oxygens (including phenoxy) is 1. The molecule has 0 saturated carbocycles. The molecule has 27 heavy (non-hydrogen) atoms. The fraction of sp³-hybridized carbons (Fsp3) is 0.316. The van der Waals surface area contributed by atoms with Crippen LogP contribution in [0.25, 0.3) is 0 Å². The summed E-state index contributed by atoms with van der Waals surface area (Å²) in [6, 6.07) is 9.60. The van der Waals surface area contributed by atoms with Crippen molar-refractivity contribution in [3.8, 4) is 5.75 Å². The summed E-state index contributed by atoms with van der Waals surface area (Å²) in [4.78, 5) is 12.6. The van der Waals surface area contributed by atoms with Gasteiger partial charge in [0.15, 0.2) is 9.84 Å². The van der Waals surface area contributed by atoms with Gasteiger partial charge >= 0.3 is 0 Å². The van der Waals surface area contributed by atoms with Crippen LogP contribution in [0, 0.1) is 6.92 Å². The summed E-state index contributed by atoms with van der Waals surface area (Å²) in [6.07, 6.45) is 1.12. The van der Waals surface area contributed by atoms with Crippen LogP contribution in [0.5, 0.6) is 5.75 Å². The second-order valence-electron chi connectivity index (χ2n) is 6.18. The Kier molecular flexibility index (Phi) is 6.89. The fourth-order valence-electron chi connectivity index (χ4n) is 2.46. The maximum absolute atomic E-state index is 12.5. The van der Waals surface area contributed by atoms with E-state index in [1.54, 1.807) is 25.1 Å². The average molecular weight is 455 g/mol. The summed E-state index contributed by atoms with van der Waals surface area (Å²) in [6.45, 7) is 5.85. The van der Waals surface area contributed by atoms with Crippen LogP contribution in [0.1, 0.15) is 19.4 Å². The minimum Gasteiger partial charge on any atom is -0.494 e. The molecule has 0 radical (unpaired) electrons. The average Bonchev–Trinajstić information content (AvgIpc) is 2.58. The van der Waals surface area contributed by atoms with Crippen molar-refractivity contribution < 1.29 is 17.9 Å². The van der Waals surface area contributed by atoms with Crippen molar-refractivity contribution in [3.63, 3.8) is 0 Å². The molecule has 0 aliphatic rings. The molecule has 1 atom stereocenters. The largest absolute Gasteiger partial charge is 0.494 e. The minimum absolute atomic E-state index is 0.0904. The van der Waals surface area contributed by atoms with Crippen molar-refractivity contribution in [2.45, 2.75) is 31.7 Å². The first kappa shape index (κ1) is 21.2. The first-order chi connectivity index (χ1) is 12.6. The SMILES string of the molecule is CCOc1ccc(NC(C)C(=O)Nc2ccc(Br)c(C)c2)c(S(C)(=O)=O)c1.